The molecule has 1 amide bonds. The van der Waals surface area contributed by atoms with Crippen LogP contribution in [-0.4, -0.2) is 74.3 Å². The highest BCUT2D eigenvalue weighted by Crippen LogP contribution is 2.43. The van der Waals surface area contributed by atoms with Crippen LogP contribution in [0.5, 0.6) is 0 Å². The average Bonchev–Trinajstić information content (AvgIpc) is 3.65. The number of carbonyl (C=O) groups is 2. The lowest BCUT2D eigenvalue weighted by Crippen LogP contribution is -2.47. The first-order valence-corrected chi connectivity index (χ1v) is 39.4. The minimum atomic E-state index is -4.46. The van der Waals surface area contributed by atoms with E-state index in [1.165, 1.54) is 238 Å². The number of quaternary nitrogens is 1. The van der Waals surface area contributed by atoms with Gasteiger partial charge in [-0.1, -0.05) is 318 Å². The molecule has 0 radical (unpaired) electrons. The van der Waals surface area contributed by atoms with E-state index in [0.29, 0.717) is 17.4 Å². The van der Waals surface area contributed by atoms with Crippen molar-refractivity contribution in [3.05, 3.63) is 85.1 Å². The summed E-state index contributed by atoms with van der Waals surface area (Å²) >= 11 is 0. The molecule has 518 valence electrons. The number of phosphoric ester groups is 1. The molecule has 3 unspecified atom stereocenters. The number of nitrogens with zero attached hydrogens (tertiary/aromatic N) is 1. The lowest BCUT2D eigenvalue weighted by molar-refractivity contribution is -0.870. The Bertz CT molecular complexity index is 1800. The Kier molecular flexibility index (Phi) is 65.9. The van der Waals surface area contributed by atoms with Gasteiger partial charge in [0.05, 0.1) is 33.8 Å². The van der Waals surface area contributed by atoms with E-state index < -0.39 is 20.0 Å². The van der Waals surface area contributed by atoms with Gasteiger partial charge in [-0.05, 0) is 109 Å². The number of ether oxygens (including phenoxy) is 1. The van der Waals surface area contributed by atoms with Crippen LogP contribution in [0.4, 0.5) is 0 Å². The van der Waals surface area contributed by atoms with Crippen LogP contribution in [0.1, 0.15) is 355 Å². The molecule has 0 spiro atoms. The van der Waals surface area contributed by atoms with Gasteiger partial charge in [0.1, 0.15) is 19.3 Å². The van der Waals surface area contributed by atoms with E-state index in [-0.39, 0.29) is 31.5 Å². The number of nitrogens with one attached hydrogen (secondary N) is 1. The van der Waals surface area contributed by atoms with Crippen LogP contribution < -0.4 is 5.32 Å². The number of esters is 1. The number of phosphoric acid groups is 1. The quantitative estimate of drug-likeness (QED) is 0.0205. The Morgan fingerprint density at radius 1 is 0.393 bits per heavy atom. The second-order valence-electron chi connectivity index (χ2n) is 26.8. The lowest BCUT2D eigenvalue weighted by atomic mass is 10.0. The number of hydrogen-bond acceptors (Lipinski definition) is 6. The molecule has 0 saturated carbocycles. The number of likely N-dealkylation sites (N-methyl/N-ethyl adjacent to an activating group) is 1. The van der Waals surface area contributed by atoms with Crippen LogP contribution in [0.3, 0.4) is 0 Å². The van der Waals surface area contributed by atoms with Gasteiger partial charge in [0.15, 0.2) is 0 Å². The second kappa shape index (κ2) is 68.1. The molecule has 0 saturated heterocycles. The summed E-state index contributed by atoms with van der Waals surface area (Å²) < 4.78 is 30.9. The first-order valence-electron chi connectivity index (χ1n) is 37.9. The van der Waals surface area contributed by atoms with E-state index in [0.717, 1.165) is 83.5 Å². The minimum Gasteiger partial charge on any atom is -0.456 e. The van der Waals surface area contributed by atoms with Gasteiger partial charge in [-0.2, -0.15) is 0 Å². The normalized spacial score (nSPS) is 13.9. The van der Waals surface area contributed by atoms with E-state index in [2.05, 4.69) is 99.0 Å². The van der Waals surface area contributed by atoms with Gasteiger partial charge in [-0.3, -0.25) is 18.6 Å². The van der Waals surface area contributed by atoms with Crippen molar-refractivity contribution in [1.29, 1.82) is 0 Å². The predicted molar refractivity (Wildman–Crippen MR) is 388 cm³/mol. The Morgan fingerprint density at radius 3 is 1.04 bits per heavy atom. The zero-order valence-corrected chi connectivity index (χ0v) is 60.3. The first kappa shape index (κ1) is 86.2. The number of unbranched alkanes of at least 4 members (excludes halogenated alkanes) is 41. The lowest BCUT2D eigenvalue weighted by Gasteiger charge is -2.27. The topological polar surface area (TPSA) is 111 Å². The Labute approximate surface area is 552 Å². The van der Waals surface area contributed by atoms with Gasteiger partial charge in [0.25, 0.3) is 0 Å². The molecule has 0 aliphatic carbocycles. The first-order chi connectivity index (χ1) is 43.4. The maximum atomic E-state index is 13.7. The smallest absolute Gasteiger partial charge is 0.456 e. The molecule has 3 atom stereocenters. The number of carbonyl (C=O) groups excluding carboxylic acids is 2. The highest BCUT2D eigenvalue weighted by molar-refractivity contribution is 7.47. The summed E-state index contributed by atoms with van der Waals surface area (Å²) in [6, 6.07) is -0.855. The minimum absolute atomic E-state index is 0.0379. The van der Waals surface area contributed by atoms with Gasteiger partial charge in [-0.15, -0.1) is 0 Å². The van der Waals surface area contributed by atoms with E-state index in [1.807, 2.05) is 33.3 Å². The van der Waals surface area contributed by atoms with Crippen molar-refractivity contribution in [2.75, 3.05) is 40.9 Å². The molecular weight excluding hydrogens is 1120 g/mol. The Balaban J connectivity index is 5.03. The molecule has 2 N–H and O–H groups in total. The average molecular weight is 1270 g/mol. The summed E-state index contributed by atoms with van der Waals surface area (Å²) in [4.78, 5) is 38.0. The van der Waals surface area contributed by atoms with Crippen LogP contribution in [0, 0.1) is 0 Å². The van der Waals surface area contributed by atoms with Crippen LogP contribution in [-0.2, 0) is 27.9 Å². The van der Waals surface area contributed by atoms with Crippen LogP contribution in [0.15, 0.2) is 85.1 Å². The van der Waals surface area contributed by atoms with Gasteiger partial charge >= 0.3 is 13.8 Å². The molecular formula is C79H146N2O7P+. The zero-order chi connectivity index (χ0) is 64.9. The highest BCUT2D eigenvalue weighted by Gasteiger charge is 2.30. The molecule has 0 aliphatic heterocycles. The highest BCUT2D eigenvalue weighted by atomic mass is 31.2. The fraction of sp³-hybridized carbons (Fsp3) is 0.797. The third-order valence-electron chi connectivity index (χ3n) is 16.8. The number of amides is 1. The van der Waals surface area contributed by atoms with Gasteiger partial charge in [0, 0.05) is 12.8 Å². The molecule has 0 aromatic carbocycles. The Morgan fingerprint density at radius 2 is 0.685 bits per heavy atom. The molecule has 0 rings (SSSR count). The van der Waals surface area contributed by atoms with E-state index >= 15 is 0 Å². The summed E-state index contributed by atoms with van der Waals surface area (Å²) in [5, 5.41) is 3.08. The summed E-state index contributed by atoms with van der Waals surface area (Å²) in [7, 11) is 1.50. The van der Waals surface area contributed by atoms with E-state index in [9.17, 15) is 19.0 Å². The molecule has 0 aromatic rings. The van der Waals surface area contributed by atoms with Gasteiger partial charge < -0.3 is 19.4 Å². The van der Waals surface area contributed by atoms with Crippen molar-refractivity contribution in [1.82, 2.24) is 5.32 Å². The molecule has 0 fully saturated rings. The molecule has 0 aromatic heterocycles. The van der Waals surface area contributed by atoms with E-state index in [4.69, 9.17) is 13.8 Å². The third-order valence-corrected chi connectivity index (χ3v) is 17.8. The van der Waals surface area contributed by atoms with Gasteiger partial charge in [0.2, 0.25) is 5.91 Å². The third kappa shape index (κ3) is 69.4. The maximum Gasteiger partial charge on any atom is 0.472 e. The van der Waals surface area contributed by atoms with Gasteiger partial charge in [-0.25, -0.2) is 4.57 Å². The van der Waals surface area contributed by atoms with Crippen molar-refractivity contribution in [2.24, 2.45) is 0 Å². The summed E-state index contributed by atoms with van der Waals surface area (Å²) in [5.74, 6) is -0.499. The Hall–Kier alpha value is -2.81. The van der Waals surface area contributed by atoms with Crippen LogP contribution >= 0.6 is 7.82 Å². The summed E-state index contributed by atoms with van der Waals surface area (Å²) in [6.07, 6.45) is 91.7. The predicted octanol–water partition coefficient (Wildman–Crippen LogP) is 24.5. The van der Waals surface area contributed by atoms with Crippen molar-refractivity contribution in [3.8, 4) is 0 Å². The molecule has 0 heterocycles. The standard InChI is InChI=1S/C79H145N2O7P/c1-7-10-13-16-19-22-25-28-30-32-34-36-38-39-40-41-43-44-46-48-50-53-56-59-62-65-68-71-78(82)80-76(75-87-89(84,85)86-74-73-81(4,5)6)77(70-67-64-61-58-55-52-27-24-21-18-15-12-9-3)88-79(83)72-69-66-63-60-57-54-51-49-47-45-42-37-35-33-31-29-26-23-20-17-14-11-8-2/h19-20,22-23,28-31,34,36,39-40,67,70,76-77H,7-18,21,24-27,32-33,35,37-38,41-66,68-69,71-75H2,1-6H3,(H-,80,82,84,85)/p+1/b22-19-,23-20-,30-28-,31-29-,36-34-,40-39-,70-67-. The van der Waals surface area contributed by atoms with Crippen molar-refractivity contribution in [2.45, 2.75) is 367 Å². The molecule has 89 heavy (non-hydrogen) atoms. The monoisotopic (exact) mass is 1270 g/mol. The van der Waals surface area contributed by atoms with Crippen LogP contribution in [0.25, 0.3) is 0 Å². The van der Waals surface area contributed by atoms with E-state index in [1.54, 1.807) is 0 Å². The van der Waals surface area contributed by atoms with Crippen molar-refractivity contribution < 1.29 is 37.3 Å². The fourth-order valence-corrected chi connectivity index (χ4v) is 11.7. The fourth-order valence-electron chi connectivity index (χ4n) is 11.0. The largest absolute Gasteiger partial charge is 0.472 e. The maximum absolute atomic E-state index is 13.7. The SMILES string of the molecule is CCCCC/C=C\C/C=C\C/C=C\C/C=C\CCCCCCCCCCCCCC(=O)NC(COP(=O)(O)OCC[N+](C)(C)C)C(/C=C\CCCCCCCCCCCCC)OC(=O)CCCCCCCCCCCCCCC/C=C\C/C=C\CCCCC. The molecule has 0 aliphatic rings. The number of rotatable bonds is 69. The summed E-state index contributed by atoms with van der Waals surface area (Å²) in [5.41, 5.74) is 0. The molecule has 0 bridgehead atoms. The number of hydrogen-bond donors (Lipinski definition) is 2. The van der Waals surface area contributed by atoms with Crippen LogP contribution in [0.2, 0.25) is 0 Å². The zero-order valence-electron chi connectivity index (χ0n) is 59.4. The van der Waals surface area contributed by atoms with Crippen molar-refractivity contribution in [3.63, 3.8) is 0 Å². The number of allylic oxidation sites excluding steroid dienone is 13. The van der Waals surface area contributed by atoms with Crippen molar-refractivity contribution >= 4 is 19.7 Å². The summed E-state index contributed by atoms with van der Waals surface area (Å²) in [6.45, 7) is 7.00. The second-order valence-corrected chi connectivity index (χ2v) is 28.3. The molecule has 10 heteroatoms. The molecule has 9 nitrogen and oxygen atoms in total.